The second kappa shape index (κ2) is 71.1. The fourth-order valence-corrected chi connectivity index (χ4v) is 13.6. The third kappa shape index (κ3) is 72.2. The van der Waals surface area contributed by atoms with Gasteiger partial charge in [0, 0.05) is 25.7 Å². The molecule has 0 fully saturated rings. The predicted octanol–water partition coefficient (Wildman–Crippen LogP) is 23.3. The van der Waals surface area contributed by atoms with Crippen LogP contribution < -0.4 is 0 Å². The SMILES string of the molecule is CCCCCCCCCCCCCCCCCCCCCCC(=O)O[C@H](COC(=O)CCCCCCCCCCCCCCCC)COP(=O)(O)OC[C@@H](O)COP(=O)(O)OC[C@@H](COC(=O)CCCCCCCCCCCCC)OC(=O)CCCCCCCCCCCC(C)C. The number of esters is 4. The van der Waals surface area contributed by atoms with E-state index in [0.717, 1.165) is 95.8 Å². The molecule has 0 saturated heterocycles. The van der Waals surface area contributed by atoms with Gasteiger partial charge in [0.05, 0.1) is 26.4 Å². The number of carbonyl (C=O) groups excluding carboxylic acids is 4. The van der Waals surface area contributed by atoms with Crippen LogP contribution in [0.3, 0.4) is 0 Å². The monoisotopic (exact) mass is 1420 g/mol. The number of hydrogen-bond donors (Lipinski definition) is 3. The summed E-state index contributed by atoms with van der Waals surface area (Å²) < 4.78 is 68.6. The zero-order valence-corrected chi connectivity index (χ0v) is 65.0. The molecule has 17 nitrogen and oxygen atoms in total. The lowest BCUT2D eigenvalue weighted by Crippen LogP contribution is -2.30. The number of unbranched alkanes of at least 4 members (excludes halogenated alkanes) is 50. The summed E-state index contributed by atoms with van der Waals surface area (Å²) in [5.74, 6) is -1.37. The van der Waals surface area contributed by atoms with Crippen LogP contribution in [0.5, 0.6) is 0 Å². The topological polar surface area (TPSA) is 237 Å². The molecule has 19 heteroatoms. The maximum absolute atomic E-state index is 13.1. The summed E-state index contributed by atoms with van der Waals surface area (Å²) in [5, 5.41) is 10.6. The van der Waals surface area contributed by atoms with Crippen molar-refractivity contribution in [1.82, 2.24) is 0 Å². The molecule has 0 rings (SSSR count). The molecule has 0 spiro atoms. The maximum atomic E-state index is 13.1. The number of ether oxygens (including phenoxy) is 4. The fourth-order valence-electron chi connectivity index (χ4n) is 12.1. The third-order valence-corrected chi connectivity index (χ3v) is 20.2. The Kier molecular flexibility index (Phi) is 69.6. The Morgan fingerprint density at radius 1 is 0.278 bits per heavy atom. The molecule has 0 radical (unpaired) electrons. The number of aliphatic hydroxyl groups is 1. The van der Waals surface area contributed by atoms with Gasteiger partial charge in [0.15, 0.2) is 12.2 Å². The predicted molar refractivity (Wildman–Crippen MR) is 395 cm³/mol. The molecule has 0 bridgehead atoms. The van der Waals surface area contributed by atoms with E-state index >= 15 is 0 Å². The van der Waals surface area contributed by atoms with E-state index in [1.807, 2.05) is 0 Å². The third-order valence-electron chi connectivity index (χ3n) is 18.3. The highest BCUT2D eigenvalue weighted by Crippen LogP contribution is 2.45. The van der Waals surface area contributed by atoms with E-state index in [1.165, 1.54) is 238 Å². The van der Waals surface area contributed by atoms with Crippen LogP contribution in [0.2, 0.25) is 0 Å². The molecule has 0 heterocycles. The van der Waals surface area contributed by atoms with Gasteiger partial charge in [-0.05, 0) is 31.6 Å². The minimum atomic E-state index is -4.96. The number of phosphoric ester groups is 2. The smallest absolute Gasteiger partial charge is 0.462 e. The molecular weight excluding hydrogens is 1270 g/mol. The first-order chi connectivity index (χ1) is 47.0. The van der Waals surface area contributed by atoms with Gasteiger partial charge in [0.25, 0.3) is 0 Å². The van der Waals surface area contributed by atoms with Crippen LogP contribution in [0.15, 0.2) is 0 Å². The molecule has 3 N–H and O–H groups in total. The van der Waals surface area contributed by atoms with Crippen molar-refractivity contribution in [1.29, 1.82) is 0 Å². The second-order valence-electron chi connectivity index (χ2n) is 28.6. The molecule has 0 amide bonds. The number of aliphatic hydroxyl groups excluding tert-OH is 1. The van der Waals surface area contributed by atoms with Gasteiger partial charge in [-0.2, -0.15) is 0 Å². The molecule has 0 aliphatic rings. The Labute approximate surface area is 594 Å². The van der Waals surface area contributed by atoms with Crippen molar-refractivity contribution in [3.05, 3.63) is 0 Å². The quantitative estimate of drug-likeness (QED) is 0.0222. The molecule has 0 aliphatic heterocycles. The summed E-state index contributed by atoms with van der Waals surface area (Å²) in [6, 6.07) is 0. The maximum Gasteiger partial charge on any atom is 0.472 e. The summed E-state index contributed by atoms with van der Waals surface area (Å²) in [6.07, 6.45) is 61.0. The standard InChI is InChI=1S/C78H152O17P2/c1-6-9-12-15-18-21-24-26-28-29-30-31-32-33-35-38-43-48-53-58-63-77(82)94-73(67-89-76(81)62-57-52-47-42-37-34-27-25-22-19-16-13-10-7-2)69-92-96(84,85)90-65-72(79)66-91-97(86,87)93-70-74(68-88-75(80)61-56-51-46-41-36-23-20-17-14-11-8-3)95-78(83)64-59-54-49-44-39-40-45-50-55-60-71(4)5/h71-74,79H,6-70H2,1-5H3,(H,84,85)(H,86,87)/t72-,73-,74-/m1/s1. The lowest BCUT2D eigenvalue weighted by atomic mass is 10.0. The van der Waals surface area contributed by atoms with Crippen molar-refractivity contribution in [3.8, 4) is 0 Å². The number of carbonyl (C=O) groups is 4. The van der Waals surface area contributed by atoms with E-state index in [9.17, 15) is 43.2 Å². The van der Waals surface area contributed by atoms with Gasteiger partial charge < -0.3 is 33.8 Å². The van der Waals surface area contributed by atoms with Gasteiger partial charge in [-0.3, -0.25) is 37.3 Å². The average molecular weight is 1420 g/mol. The summed E-state index contributed by atoms with van der Waals surface area (Å²) in [5.41, 5.74) is 0. The molecule has 0 aromatic carbocycles. The van der Waals surface area contributed by atoms with Crippen molar-refractivity contribution < 1.29 is 80.2 Å². The van der Waals surface area contributed by atoms with Crippen LogP contribution in [0.25, 0.3) is 0 Å². The molecule has 97 heavy (non-hydrogen) atoms. The molecule has 0 aromatic rings. The Bertz CT molecular complexity index is 1860. The van der Waals surface area contributed by atoms with E-state index < -0.39 is 97.5 Å². The van der Waals surface area contributed by atoms with E-state index in [-0.39, 0.29) is 25.7 Å². The highest BCUT2D eigenvalue weighted by atomic mass is 31.2. The first-order valence-corrected chi connectivity index (χ1v) is 43.6. The van der Waals surface area contributed by atoms with Crippen LogP contribution >= 0.6 is 15.6 Å². The van der Waals surface area contributed by atoms with Crippen molar-refractivity contribution >= 4 is 39.5 Å². The lowest BCUT2D eigenvalue weighted by Gasteiger charge is -2.21. The highest BCUT2D eigenvalue weighted by Gasteiger charge is 2.30. The number of phosphoric acid groups is 2. The average Bonchev–Trinajstić information content (AvgIpc) is 1.17. The molecule has 2 unspecified atom stereocenters. The molecule has 0 aromatic heterocycles. The van der Waals surface area contributed by atoms with Crippen molar-refractivity contribution in [2.45, 2.75) is 432 Å². The van der Waals surface area contributed by atoms with Crippen molar-refractivity contribution in [2.24, 2.45) is 5.92 Å². The Balaban J connectivity index is 5.22. The van der Waals surface area contributed by atoms with Crippen LogP contribution in [-0.4, -0.2) is 96.7 Å². The molecular formula is C78H152O17P2. The Hall–Kier alpha value is -1.94. The van der Waals surface area contributed by atoms with E-state index in [4.69, 9.17) is 37.0 Å². The lowest BCUT2D eigenvalue weighted by molar-refractivity contribution is -0.161. The molecule has 5 atom stereocenters. The summed E-state index contributed by atoms with van der Waals surface area (Å²) in [6.45, 7) is 7.28. The van der Waals surface area contributed by atoms with E-state index in [2.05, 4.69) is 34.6 Å². The summed E-state index contributed by atoms with van der Waals surface area (Å²) in [4.78, 5) is 72.9. The van der Waals surface area contributed by atoms with E-state index in [0.29, 0.717) is 25.7 Å². The zero-order valence-electron chi connectivity index (χ0n) is 63.2. The van der Waals surface area contributed by atoms with Gasteiger partial charge in [0.2, 0.25) is 0 Å². The Morgan fingerprint density at radius 3 is 0.701 bits per heavy atom. The van der Waals surface area contributed by atoms with Crippen LogP contribution in [0, 0.1) is 5.92 Å². The van der Waals surface area contributed by atoms with Gasteiger partial charge >= 0.3 is 39.5 Å². The van der Waals surface area contributed by atoms with E-state index in [1.54, 1.807) is 0 Å². The van der Waals surface area contributed by atoms with Gasteiger partial charge in [-0.25, -0.2) is 9.13 Å². The fraction of sp³-hybridized carbons (Fsp3) is 0.949. The Morgan fingerprint density at radius 2 is 0.474 bits per heavy atom. The molecule has 0 aliphatic carbocycles. The van der Waals surface area contributed by atoms with Crippen LogP contribution in [-0.2, 0) is 65.4 Å². The normalized spacial score (nSPS) is 13.9. The minimum Gasteiger partial charge on any atom is -0.462 e. The number of hydrogen-bond acceptors (Lipinski definition) is 15. The molecule has 0 saturated carbocycles. The van der Waals surface area contributed by atoms with Crippen molar-refractivity contribution in [2.75, 3.05) is 39.6 Å². The first kappa shape index (κ1) is 95.1. The highest BCUT2D eigenvalue weighted by molar-refractivity contribution is 7.47. The first-order valence-electron chi connectivity index (χ1n) is 40.6. The van der Waals surface area contributed by atoms with Crippen LogP contribution in [0.1, 0.15) is 413 Å². The largest absolute Gasteiger partial charge is 0.472 e. The zero-order chi connectivity index (χ0) is 71.2. The van der Waals surface area contributed by atoms with Gasteiger partial charge in [0.1, 0.15) is 19.3 Å². The number of rotatable bonds is 78. The summed E-state index contributed by atoms with van der Waals surface area (Å²) in [7, 11) is -9.91. The minimum absolute atomic E-state index is 0.106. The van der Waals surface area contributed by atoms with Gasteiger partial charge in [-0.1, -0.05) is 362 Å². The summed E-state index contributed by atoms with van der Waals surface area (Å²) >= 11 is 0. The van der Waals surface area contributed by atoms with Crippen molar-refractivity contribution in [3.63, 3.8) is 0 Å². The van der Waals surface area contributed by atoms with Crippen LogP contribution in [0.4, 0.5) is 0 Å². The second-order valence-corrected chi connectivity index (χ2v) is 31.5. The van der Waals surface area contributed by atoms with Gasteiger partial charge in [-0.15, -0.1) is 0 Å². The molecule has 576 valence electrons.